The van der Waals surface area contributed by atoms with Crippen LogP contribution in [0.15, 0.2) is 36.4 Å². The first-order chi connectivity index (χ1) is 9.25. The van der Waals surface area contributed by atoms with E-state index < -0.39 is 0 Å². The van der Waals surface area contributed by atoms with E-state index in [9.17, 15) is 9.59 Å². The lowest BCUT2D eigenvalue weighted by Crippen LogP contribution is -2.53. The van der Waals surface area contributed by atoms with Gasteiger partial charge >= 0.3 is 0 Å². The summed E-state index contributed by atoms with van der Waals surface area (Å²) in [6, 6.07) is 6.62. The lowest BCUT2D eigenvalue weighted by Gasteiger charge is -2.40. The molecule has 1 aromatic rings. The van der Waals surface area contributed by atoms with Crippen LogP contribution in [0.5, 0.6) is 0 Å². The molecule has 3 aliphatic heterocycles. The Morgan fingerprint density at radius 2 is 1.68 bits per heavy atom. The lowest BCUT2D eigenvalue weighted by atomic mass is 9.94. The first-order valence-corrected chi connectivity index (χ1v) is 6.23. The maximum atomic E-state index is 12.4. The molecule has 0 spiro atoms. The monoisotopic (exact) mass is 257 g/mol. The van der Waals surface area contributed by atoms with E-state index in [-0.39, 0.29) is 30.1 Å². The van der Waals surface area contributed by atoms with Crippen molar-refractivity contribution in [3.8, 4) is 0 Å². The molecule has 3 heterocycles. The third-order valence-electron chi connectivity index (χ3n) is 3.82. The Kier molecular flexibility index (Phi) is 2.15. The molecular formula is C14H11NO4. The smallest absolute Gasteiger partial charge is 0.261 e. The molecule has 0 radical (unpaired) electrons. The van der Waals surface area contributed by atoms with Crippen LogP contribution in [0.1, 0.15) is 27.1 Å². The Morgan fingerprint density at radius 3 is 2.16 bits per heavy atom. The summed E-state index contributed by atoms with van der Waals surface area (Å²) in [6.07, 6.45) is 3.80. The molecule has 0 unspecified atom stereocenters. The van der Waals surface area contributed by atoms with E-state index in [4.69, 9.17) is 9.78 Å². The highest BCUT2D eigenvalue weighted by Gasteiger charge is 2.47. The molecule has 0 N–H and O–H groups in total. The van der Waals surface area contributed by atoms with Crippen molar-refractivity contribution in [3.63, 3.8) is 0 Å². The molecule has 5 nitrogen and oxygen atoms in total. The summed E-state index contributed by atoms with van der Waals surface area (Å²) in [5.74, 6) is -0.481. The number of carbonyl (C=O) groups is 2. The highest BCUT2D eigenvalue weighted by Crippen LogP contribution is 2.33. The number of nitrogens with zero attached hydrogens (tertiary/aromatic N) is 1. The predicted molar refractivity (Wildman–Crippen MR) is 64.2 cm³/mol. The van der Waals surface area contributed by atoms with Gasteiger partial charge in [0.05, 0.1) is 17.2 Å². The minimum atomic E-state index is -0.368. The van der Waals surface area contributed by atoms with Crippen molar-refractivity contribution in [2.75, 3.05) is 0 Å². The molecule has 1 saturated heterocycles. The molecule has 1 fully saturated rings. The van der Waals surface area contributed by atoms with Gasteiger partial charge in [0.15, 0.2) is 0 Å². The Labute approximate surface area is 109 Å². The summed E-state index contributed by atoms with van der Waals surface area (Å²) < 4.78 is 0. The number of amides is 2. The average Bonchev–Trinajstić information content (AvgIpc) is 2.73. The number of rotatable bonds is 1. The number of carbonyl (C=O) groups excluding carboxylic acids is 2. The maximum Gasteiger partial charge on any atom is 0.261 e. The minimum absolute atomic E-state index is 0.181. The fourth-order valence-electron chi connectivity index (χ4n) is 2.88. The van der Waals surface area contributed by atoms with Crippen LogP contribution in [0.2, 0.25) is 0 Å². The topological polar surface area (TPSA) is 55.8 Å². The zero-order chi connectivity index (χ0) is 13.0. The van der Waals surface area contributed by atoms with Gasteiger partial charge in [-0.2, -0.15) is 0 Å². The second-order valence-corrected chi connectivity index (χ2v) is 4.91. The highest BCUT2D eigenvalue weighted by molar-refractivity contribution is 6.21. The molecule has 1 aliphatic carbocycles. The van der Waals surface area contributed by atoms with Crippen molar-refractivity contribution in [2.45, 2.75) is 24.7 Å². The SMILES string of the molecule is O=C1c2ccccc2C(=O)N1[C@@H]1C[C@@H]2C=C[C@H]1OO2. The molecule has 4 aliphatic rings. The predicted octanol–water partition coefficient (Wildman–Crippen LogP) is 1.31. The summed E-state index contributed by atoms with van der Waals surface area (Å²) in [7, 11) is 0. The van der Waals surface area contributed by atoms with Gasteiger partial charge < -0.3 is 0 Å². The first-order valence-electron chi connectivity index (χ1n) is 6.23. The number of fused-ring (bicyclic) bond motifs is 3. The Balaban J connectivity index is 1.73. The molecule has 5 rings (SSSR count). The van der Waals surface area contributed by atoms with E-state index in [0.717, 1.165) is 0 Å². The van der Waals surface area contributed by atoms with Crippen LogP contribution in [-0.2, 0) is 9.78 Å². The summed E-state index contributed by atoms with van der Waals surface area (Å²) >= 11 is 0. The molecule has 2 bridgehead atoms. The van der Waals surface area contributed by atoms with E-state index >= 15 is 0 Å². The molecule has 3 atom stereocenters. The van der Waals surface area contributed by atoms with Gasteiger partial charge in [-0.3, -0.25) is 14.5 Å². The van der Waals surface area contributed by atoms with Gasteiger partial charge in [-0.05, 0) is 12.1 Å². The van der Waals surface area contributed by atoms with Gasteiger partial charge in [0.1, 0.15) is 12.2 Å². The van der Waals surface area contributed by atoms with Gasteiger partial charge in [0, 0.05) is 6.42 Å². The van der Waals surface area contributed by atoms with Gasteiger partial charge in [-0.1, -0.05) is 24.3 Å². The number of benzene rings is 1. The molecule has 2 amide bonds. The Hall–Kier alpha value is -1.98. The molecule has 96 valence electrons. The van der Waals surface area contributed by atoms with Crippen molar-refractivity contribution >= 4 is 11.8 Å². The third kappa shape index (κ3) is 1.42. The van der Waals surface area contributed by atoms with Crippen LogP contribution >= 0.6 is 0 Å². The fourth-order valence-corrected chi connectivity index (χ4v) is 2.88. The molecule has 19 heavy (non-hydrogen) atoms. The van der Waals surface area contributed by atoms with Crippen molar-refractivity contribution in [1.29, 1.82) is 0 Å². The zero-order valence-electron chi connectivity index (χ0n) is 9.98. The summed E-state index contributed by atoms with van der Waals surface area (Å²) in [4.78, 5) is 36.3. The summed E-state index contributed by atoms with van der Waals surface area (Å²) in [5.41, 5.74) is 0.942. The molecule has 0 saturated carbocycles. The quantitative estimate of drug-likeness (QED) is 0.432. The highest BCUT2D eigenvalue weighted by atomic mass is 17.2. The average molecular weight is 257 g/mol. The zero-order valence-corrected chi connectivity index (χ0v) is 9.98. The molecular weight excluding hydrogens is 246 g/mol. The van der Waals surface area contributed by atoms with Crippen molar-refractivity contribution in [3.05, 3.63) is 47.5 Å². The van der Waals surface area contributed by atoms with Crippen LogP contribution in [-0.4, -0.2) is 35.0 Å². The number of hydrogen-bond donors (Lipinski definition) is 0. The van der Waals surface area contributed by atoms with Crippen molar-refractivity contribution in [2.24, 2.45) is 0 Å². The van der Waals surface area contributed by atoms with Gasteiger partial charge in [-0.25, -0.2) is 9.78 Å². The second kappa shape index (κ2) is 3.76. The number of hydrogen-bond acceptors (Lipinski definition) is 4. The largest absolute Gasteiger partial charge is 0.269 e. The fraction of sp³-hybridized carbons (Fsp3) is 0.286. The molecule has 0 aromatic heterocycles. The van der Waals surface area contributed by atoms with Gasteiger partial charge in [0.25, 0.3) is 11.8 Å². The Morgan fingerprint density at radius 1 is 1.00 bits per heavy atom. The van der Waals surface area contributed by atoms with E-state index in [1.165, 1.54) is 4.90 Å². The summed E-state index contributed by atoms with van der Waals surface area (Å²) in [6.45, 7) is 0. The van der Waals surface area contributed by atoms with Crippen LogP contribution in [0.4, 0.5) is 0 Å². The Bertz CT molecular complexity index is 574. The van der Waals surface area contributed by atoms with Gasteiger partial charge in [0.2, 0.25) is 0 Å². The van der Waals surface area contributed by atoms with Crippen LogP contribution < -0.4 is 0 Å². The lowest BCUT2D eigenvalue weighted by molar-refractivity contribution is -0.370. The number of imide groups is 1. The van der Waals surface area contributed by atoms with E-state index in [0.29, 0.717) is 17.5 Å². The van der Waals surface area contributed by atoms with E-state index in [1.807, 2.05) is 12.2 Å². The summed E-state index contributed by atoms with van der Waals surface area (Å²) in [5, 5.41) is 0. The first kappa shape index (κ1) is 10.9. The molecule has 5 heteroatoms. The second-order valence-electron chi connectivity index (χ2n) is 4.91. The van der Waals surface area contributed by atoms with Crippen LogP contribution in [0, 0.1) is 0 Å². The van der Waals surface area contributed by atoms with Gasteiger partial charge in [-0.15, -0.1) is 0 Å². The van der Waals surface area contributed by atoms with Crippen LogP contribution in [0.25, 0.3) is 0 Å². The van der Waals surface area contributed by atoms with Crippen molar-refractivity contribution in [1.82, 2.24) is 4.90 Å². The van der Waals surface area contributed by atoms with E-state index in [2.05, 4.69) is 0 Å². The van der Waals surface area contributed by atoms with E-state index in [1.54, 1.807) is 24.3 Å². The molecule has 1 aromatic carbocycles. The maximum absolute atomic E-state index is 12.4. The minimum Gasteiger partial charge on any atom is -0.269 e. The third-order valence-corrected chi connectivity index (χ3v) is 3.82. The standard InChI is InChI=1S/C14H11NO4/c16-13-9-3-1-2-4-10(9)14(17)15(13)11-7-8-5-6-12(11)19-18-8/h1-6,8,11-12H,7H2/t8-,11+,12+/m0/s1. The normalized spacial score (nSPS) is 32.0. The van der Waals surface area contributed by atoms with Crippen LogP contribution in [0.3, 0.4) is 0 Å². The van der Waals surface area contributed by atoms with Crippen molar-refractivity contribution < 1.29 is 19.4 Å².